The predicted octanol–water partition coefficient (Wildman–Crippen LogP) is 1.73. The fourth-order valence-corrected chi connectivity index (χ4v) is 2.72. The van der Waals surface area contributed by atoms with Gasteiger partial charge in [-0.15, -0.1) is 0 Å². The molecule has 1 saturated heterocycles. The predicted molar refractivity (Wildman–Crippen MR) is 83.3 cm³/mol. The fraction of sp³-hybridized carbons (Fsp3) is 0.688. The standard InChI is InChI=1S/C16H27N3O2/c1-2-14-6-7-15(21-14)16(20)19-11-5-10-18(12-13-19)9-4-3-8-17/h6-7H,2-5,8-13,17H2,1H3. The van der Waals surface area contributed by atoms with Crippen LogP contribution in [0.4, 0.5) is 0 Å². The maximum Gasteiger partial charge on any atom is 0.289 e. The molecule has 0 bridgehead atoms. The molecule has 2 rings (SSSR count). The van der Waals surface area contributed by atoms with Crippen molar-refractivity contribution >= 4 is 5.91 Å². The summed E-state index contributed by atoms with van der Waals surface area (Å²) in [6.45, 7) is 7.47. The molecule has 1 aromatic rings. The molecule has 1 aliphatic rings. The van der Waals surface area contributed by atoms with E-state index in [1.54, 1.807) is 6.07 Å². The van der Waals surface area contributed by atoms with E-state index in [1.165, 1.54) is 0 Å². The van der Waals surface area contributed by atoms with Gasteiger partial charge < -0.3 is 20.0 Å². The first kappa shape index (κ1) is 16.0. The molecule has 5 heteroatoms. The SMILES string of the molecule is CCc1ccc(C(=O)N2CCCN(CCCCN)CC2)o1. The molecule has 1 amide bonds. The molecule has 0 spiro atoms. The van der Waals surface area contributed by atoms with E-state index in [2.05, 4.69) is 4.90 Å². The molecular formula is C16H27N3O2. The van der Waals surface area contributed by atoms with Crippen molar-refractivity contribution in [3.8, 4) is 0 Å². The van der Waals surface area contributed by atoms with Crippen molar-refractivity contribution in [3.05, 3.63) is 23.7 Å². The van der Waals surface area contributed by atoms with Gasteiger partial charge in [0.05, 0.1) is 0 Å². The van der Waals surface area contributed by atoms with Crippen molar-refractivity contribution in [1.82, 2.24) is 9.80 Å². The summed E-state index contributed by atoms with van der Waals surface area (Å²) in [7, 11) is 0. The zero-order valence-corrected chi connectivity index (χ0v) is 13.0. The average Bonchev–Trinajstić information content (AvgIpc) is 2.86. The Balaban J connectivity index is 1.85. The molecule has 2 heterocycles. The van der Waals surface area contributed by atoms with Gasteiger partial charge in [-0.1, -0.05) is 6.92 Å². The highest BCUT2D eigenvalue weighted by molar-refractivity contribution is 5.91. The molecule has 0 aromatic carbocycles. The number of rotatable bonds is 6. The normalized spacial score (nSPS) is 17.0. The Kier molecular flexibility index (Phi) is 6.26. The summed E-state index contributed by atoms with van der Waals surface area (Å²) < 4.78 is 5.58. The Labute approximate surface area is 127 Å². The van der Waals surface area contributed by atoms with Gasteiger partial charge in [-0.05, 0) is 51.0 Å². The van der Waals surface area contributed by atoms with E-state index in [9.17, 15) is 4.79 Å². The van der Waals surface area contributed by atoms with Crippen LogP contribution in [0.25, 0.3) is 0 Å². The minimum absolute atomic E-state index is 0.0264. The fourth-order valence-electron chi connectivity index (χ4n) is 2.72. The van der Waals surface area contributed by atoms with Gasteiger partial charge >= 0.3 is 0 Å². The van der Waals surface area contributed by atoms with Crippen LogP contribution in [0, 0.1) is 0 Å². The second-order valence-corrected chi connectivity index (χ2v) is 5.60. The van der Waals surface area contributed by atoms with Crippen LogP contribution >= 0.6 is 0 Å². The summed E-state index contributed by atoms with van der Waals surface area (Å²) in [4.78, 5) is 16.8. The largest absolute Gasteiger partial charge is 0.456 e. The number of amides is 1. The van der Waals surface area contributed by atoms with Crippen molar-refractivity contribution in [2.24, 2.45) is 5.73 Å². The van der Waals surface area contributed by atoms with Gasteiger partial charge in [0.15, 0.2) is 5.76 Å². The van der Waals surface area contributed by atoms with Crippen molar-refractivity contribution in [3.63, 3.8) is 0 Å². The number of carbonyl (C=O) groups is 1. The number of carbonyl (C=O) groups excluding carboxylic acids is 1. The van der Waals surface area contributed by atoms with Crippen LogP contribution in [0.1, 0.15) is 42.5 Å². The monoisotopic (exact) mass is 293 g/mol. The third kappa shape index (κ3) is 4.58. The lowest BCUT2D eigenvalue weighted by Gasteiger charge is -2.21. The lowest BCUT2D eigenvalue weighted by Crippen LogP contribution is -2.35. The zero-order chi connectivity index (χ0) is 15.1. The summed E-state index contributed by atoms with van der Waals surface area (Å²) >= 11 is 0. The molecule has 0 atom stereocenters. The summed E-state index contributed by atoms with van der Waals surface area (Å²) in [6, 6.07) is 3.69. The Morgan fingerprint density at radius 1 is 1.24 bits per heavy atom. The lowest BCUT2D eigenvalue weighted by atomic mass is 10.3. The Morgan fingerprint density at radius 2 is 2.10 bits per heavy atom. The summed E-state index contributed by atoms with van der Waals surface area (Å²) in [5.74, 6) is 1.37. The second-order valence-electron chi connectivity index (χ2n) is 5.60. The topological polar surface area (TPSA) is 62.7 Å². The molecule has 1 aromatic heterocycles. The molecule has 0 saturated carbocycles. The molecule has 21 heavy (non-hydrogen) atoms. The smallest absolute Gasteiger partial charge is 0.289 e. The van der Waals surface area contributed by atoms with Gasteiger partial charge in [-0.25, -0.2) is 0 Å². The van der Waals surface area contributed by atoms with Crippen molar-refractivity contribution in [1.29, 1.82) is 0 Å². The summed E-state index contributed by atoms with van der Waals surface area (Å²) in [6.07, 6.45) is 4.06. The average molecular weight is 293 g/mol. The number of nitrogens with two attached hydrogens (primary N) is 1. The number of hydrogen-bond acceptors (Lipinski definition) is 4. The van der Waals surface area contributed by atoms with E-state index in [4.69, 9.17) is 10.2 Å². The molecule has 1 aliphatic heterocycles. The lowest BCUT2D eigenvalue weighted by molar-refractivity contribution is 0.0727. The zero-order valence-electron chi connectivity index (χ0n) is 13.0. The first-order chi connectivity index (χ1) is 10.2. The second kappa shape index (κ2) is 8.20. The number of aryl methyl sites for hydroxylation is 1. The van der Waals surface area contributed by atoms with E-state index < -0.39 is 0 Å². The Bertz CT molecular complexity index is 444. The van der Waals surface area contributed by atoms with Crippen LogP contribution in [-0.2, 0) is 6.42 Å². The third-order valence-corrected chi connectivity index (χ3v) is 4.03. The van der Waals surface area contributed by atoms with Crippen LogP contribution < -0.4 is 5.73 Å². The van der Waals surface area contributed by atoms with Gasteiger partial charge in [0.1, 0.15) is 5.76 Å². The molecule has 1 fully saturated rings. The molecule has 0 radical (unpaired) electrons. The molecular weight excluding hydrogens is 266 g/mol. The first-order valence-corrected chi connectivity index (χ1v) is 8.05. The van der Waals surface area contributed by atoms with Crippen LogP contribution in [-0.4, -0.2) is 55.0 Å². The maximum absolute atomic E-state index is 12.4. The van der Waals surface area contributed by atoms with Crippen LogP contribution in [0.15, 0.2) is 16.5 Å². The van der Waals surface area contributed by atoms with Gasteiger partial charge in [0.2, 0.25) is 0 Å². The van der Waals surface area contributed by atoms with Crippen LogP contribution in [0.5, 0.6) is 0 Å². The van der Waals surface area contributed by atoms with E-state index in [0.29, 0.717) is 5.76 Å². The van der Waals surface area contributed by atoms with Crippen molar-refractivity contribution < 1.29 is 9.21 Å². The highest BCUT2D eigenvalue weighted by Gasteiger charge is 2.22. The maximum atomic E-state index is 12.4. The van der Waals surface area contributed by atoms with E-state index in [1.807, 2.05) is 17.9 Å². The number of unbranched alkanes of at least 4 members (excludes halogenated alkanes) is 1. The van der Waals surface area contributed by atoms with Crippen LogP contribution in [0.2, 0.25) is 0 Å². The molecule has 0 aliphatic carbocycles. The van der Waals surface area contributed by atoms with E-state index in [-0.39, 0.29) is 5.91 Å². The van der Waals surface area contributed by atoms with Crippen LogP contribution in [0.3, 0.4) is 0 Å². The minimum Gasteiger partial charge on any atom is -0.456 e. The molecule has 118 valence electrons. The molecule has 2 N–H and O–H groups in total. The number of hydrogen-bond donors (Lipinski definition) is 1. The van der Waals surface area contributed by atoms with Crippen molar-refractivity contribution in [2.45, 2.75) is 32.6 Å². The number of nitrogens with zero attached hydrogens (tertiary/aromatic N) is 2. The molecule has 0 unspecified atom stereocenters. The minimum atomic E-state index is 0.0264. The van der Waals surface area contributed by atoms with Crippen molar-refractivity contribution in [2.75, 3.05) is 39.3 Å². The summed E-state index contributed by atoms with van der Waals surface area (Å²) in [5.41, 5.74) is 5.53. The van der Waals surface area contributed by atoms with Gasteiger partial charge in [0.25, 0.3) is 5.91 Å². The first-order valence-electron chi connectivity index (χ1n) is 8.05. The summed E-state index contributed by atoms with van der Waals surface area (Å²) in [5, 5.41) is 0. The number of furan rings is 1. The van der Waals surface area contributed by atoms with E-state index in [0.717, 1.165) is 70.7 Å². The van der Waals surface area contributed by atoms with E-state index >= 15 is 0 Å². The molecule has 5 nitrogen and oxygen atoms in total. The highest BCUT2D eigenvalue weighted by Crippen LogP contribution is 2.13. The third-order valence-electron chi connectivity index (χ3n) is 4.03. The van der Waals surface area contributed by atoms with Gasteiger partial charge in [-0.2, -0.15) is 0 Å². The van der Waals surface area contributed by atoms with Gasteiger partial charge in [-0.3, -0.25) is 4.79 Å². The Hall–Kier alpha value is -1.33. The van der Waals surface area contributed by atoms with Gasteiger partial charge in [0, 0.05) is 26.1 Å². The quantitative estimate of drug-likeness (QED) is 0.811. The Morgan fingerprint density at radius 3 is 2.81 bits per heavy atom. The highest BCUT2D eigenvalue weighted by atomic mass is 16.4.